The van der Waals surface area contributed by atoms with Gasteiger partial charge in [0, 0.05) is 25.0 Å². The van der Waals surface area contributed by atoms with Crippen LogP contribution < -0.4 is 0 Å². The minimum Gasteiger partial charge on any atom is -0.569 e. The van der Waals surface area contributed by atoms with Crippen molar-refractivity contribution in [2.75, 3.05) is 20.1 Å². The van der Waals surface area contributed by atoms with E-state index in [4.69, 9.17) is 4.84 Å². The second kappa shape index (κ2) is 6.97. The quantitative estimate of drug-likeness (QED) is 0.469. The molecule has 1 heterocycles. The van der Waals surface area contributed by atoms with Gasteiger partial charge in [0.1, 0.15) is 6.10 Å². The lowest BCUT2D eigenvalue weighted by Gasteiger charge is -2.35. The Morgan fingerprint density at radius 3 is 2.42 bits per heavy atom. The van der Waals surface area contributed by atoms with Gasteiger partial charge in [-0.1, -0.05) is 30.3 Å². The standard InChI is InChI=1S/C18H30N4O2/c1-17(2,3)20(6)22(23)19-24-16-12-13-21(14-16)18(4,5)15-10-8-7-9-11-15/h7-11,16H,12-14H2,1-6H3/b22-19+/t16-/m1/s1. The summed E-state index contributed by atoms with van der Waals surface area (Å²) in [5.74, 6) is 0. The molecule has 0 aromatic heterocycles. The molecule has 0 aliphatic carbocycles. The highest BCUT2D eigenvalue weighted by Gasteiger charge is 2.36. The molecule has 134 valence electrons. The van der Waals surface area contributed by atoms with Crippen molar-refractivity contribution in [1.82, 2.24) is 9.91 Å². The van der Waals surface area contributed by atoms with E-state index < -0.39 is 0 Å². The zero-order chi connectivity index (χ0) is 18.0. The van der Waals surface area contributed by atoms with Crippen molar-refractivity contribution in [1.29, 1.82) is 0 Å². The Hall–Kier alpha value is -1.82. The van der Waals surface area contributed by atoms with Crippen molar-refractivity contribution in [3.05, 3.63) is 41.1 Å². The minimum atomic E-state index is -0.300. The summed E-state index contributed by atoms with van der Waals surface area (Å²) in [6, 6.07) is 10.5. The number of hydrogen-bond acceptors (Lipinski definition) is 4. The molecule has 0 spiro atoms. The lowest BCUT2D eigenvalue weighted by Crippen LogP contribution is -2.43. The van der Waals surface area contributed by atoms with Crippen LogP contribution in [0.4, 0.5) is 0 Å². The molecule has 2 rings (SSSR count). The number of likely N-dealkylation sites (tertiary alicyclic amines) is 1. The molecule has 1 aliphatic heterocycles. The maximum absolute atomic E-state index is 12.0. The van der Waals surface area contributed by atoms with E-state index in [0.29, 0.717) is 4.97 Å². The zero-order valence-corrected chi connectivity index (χ0v) is 15.7. The Kier molecular flexibility index (Phi) is 5.38. The predicted octanol–water partition coefficient (Wildman–Crippen LogP) is 3.54. The lowest BCUT2D eigenvalue weighted by molar-refractivity contribution is -0.720. The first kappa shape index (κ1) is 18.5. The van der Waals surface area contributed by atoms with Crippen LogP contribution in [0.2, 0.25) is 0 Å². The van der Waals surface area contributed by atoms with Crippen LogP contribution in [0.5, 0.6) is 0 Å². The van der Waals surface area contributed by atoms with Crippen molar-refractivity contribution in [2.45, 2.75) is 58.2 Å². The second-order valence-corrected chi connectivity index (χ2v) is 7.92. The second-order valence-electron chi connectivity index (χ2n) is 7.92. The molecule has 1 atom stereocenters. The zero-order valence-electron chi connectivity index (χ0n) is 15.7. The maximum atomic E-state index is 12.0. The Balaban J connectivity index is 1.96. The van der Waals surface area contributed by atoms with Crippen LogP contribution in [0.25, 0.3) is 0 Å². The Morgan fingerprint density at radius 2 is 1.83 bits per heavy atom. The third kappa shape index (κ3) is 4.17. The SMILES string of the molecule is CN(/[N+]([O-])=N\O[C@@H]1CCN(C(C)(C)c2ccccc2)C1)C(C)(C)C. The highest BCUT2D eigenvalue weighted by atomic mass is 16.7. The molecule has 0 amide bonds. The summed E-state index contributed by atoms with van der Waals surface area (Å²) >= 11 is 0. The van der Waals surface area contributed by atoms with Gasteiger partial charge in [0.05, 0.1) is 17.6 Å². The molecule has 0 unspecified atom stereocenters. The summed E-state index contributed by atoms with van der Waals surface area (Å²) in [4.78, 5) is 8.41. The van der Waals surface area contributed by atoms with Gasteiger partial charge in [-0.05, 0) is 40.2 Å². The molecule has 0 N–H and O–H groups in total. The summed E-state index contributed by atoms with van der Waals surface area (Å²) in [5.41, 5.74) is 0.908. The fraction of sp³-hybridized carbons (Fsp3) is 0.667. The Morgan fingerprint density at radius 1 is 1.21 bits per heavy atom. The van der Waals surface area contributed by atoms with Crippen LogP contribution in [-0.2, 0) is 10.4 Å². The van der Waals surface area contributed by atoms with E-state index in [2.05, 4.69) is 48.3 Å². The fourth-order valence-corrected chi connectivity index (χ4v) is 2.77. The molecule has 0 saturated carbocycles. The Bertz CT molecular complexity index is 566. The van der Waals surface area contributed by atoms with Gasteiger partial charge in [-0.3, -0.25) is 4.90 Å². The Labute approximate surface area is 145 Å². The smallest absolute Gasteiger partial charge is 0.233 e. The monoisotopic (exact) mass is 334 g/mol. The molecule has 1 aliphatic rings. The molecular formula is C18H30N4O2. The first-order chi connectivity index (χ1) is 11.1. The summed E-state index contributed by atoms with van der Waals surface area (Å²) in [6.45, 7) is 12.0. The van der Waals surface area contributed by atoms with E-state index in [-0.39, 0.29) is 17.2 Å². The van der Waals surface area contributed by atoms with E-state index in [1.165, 1.54) is 10.6 Å². The van der Waals surface area contributed by atoms with Gasteiger partial charge < -0.3 is 10.0 Å². The van der Waals surface area contributed by atoms with Crippen LogP contribution in [0.15, 0.2) is 35.6 Å². The highest BCUT2D eigenvalue weighted by Crippen LogP contribution is 2.31. The molecule has 1 fully saturated rings. The summed E-state index contributed by atoms with van der Waals surface area (Å²) in [6.07, 6.45) is 0.810. The van der Waals surface area contributed by atoms with Gasteiger partial charge >= 0.3 is 0 Å². The van der Waals surface area contributed by atoms with Crippen LogP contribution >= 0.6 is 0 Å². The molecule has 1 aromatic rings. The van der Waals surface area contributed by atoms with Gasteiger partial charge in [0.2, 0.25) is 5.28 Å². The van der Waals surface area contributed by atoms with Crippen molar-refractivity contribution < 1.29 is 9.81 Å². The first-order valence-electron chi connectivity index (χ1n) is 8.50. The van der Waals surface area contributed by atoms with Gasteiger partial charge in [-0.2, -0.15) is 0 Å². The number of hydrazine groups is 1. The van der Waals surface area contributed by atoms with Crippen LogP contribution in [0.1, 0.15) is 46.6 Å². The molecule has 1 saturated heterocycles. The molecule has 0 radical (unpaired) electrons. The predicted molar refractivity (Wildman–Crippen MR) is 94.1 cm³/mol. The minimum absolute atomic E-state index is 0.0576. The van der Waals surface area contributed by atoms with Crippen molar-refractivity contribution in [3.63, 3.8) is 0 Å². The molecular weight excluding hydrogens is 304 g/mol. The first-order valence-corrected chi connectivity index (χ1v) is 8.50. The van der Waals surface area contributed by atoms with Crippen molar-refractivity contribution in [2.24, 2.45) is 5.28 Å². The fourth-order valence-electron chi connectivity index (χ4n) is 2.77. The van der Waals surface area contributed by atoms with Crippen LogP contribution in [0.3, 0.4) is 0 Å². The average molecular weight is 334 g/mol. The molecule has 24 heavy (non-hydrogen) atoms. The van der Waals surface area contributed by atoms with E-state index in [1.54, 1.807) is 7.05 Å². The largest absolute Gasteiger partial charge is 0.569 e. The van der Waals surface area contributed by atoms with E-state index in [0.717, 1.165) is 19.5 Å². The van der Waals surface area contributed by atoms with E-state index in [1.807, 2.05) is 26.8 Å². The number of hydrogen-bond donors (Lipinski definition) is 0. The maximum Gasteiger partial charge on any atom is 0.233 e. The molecule has 1 aromatic carbocycles. The summed E-state index contributed by atoms with van der Waals surface area (Å²) in [7, 11) is 1.71. The molecule has 6 heteroatoms. The highest BCUT2D eigenvalue weighted by molar-refractivity contribution is 5.23. The average Bonchev–Trinajstić information content (AvgIpc) is 3.01. The molecule has 0 bridgehead atoms. The third-order valence-corrected chi connectivity index (χ3v) is 4.91. The van der Waals surface area contributed by atoms with Gasteiger partial charge in [0.15, 0.2) is 0 Å². The van der Waals surface area contributed by atoms with Crippen LogP contribution in [0, 0.1) is 5.21 Å². The van der Waals surface area contributed by atoms with Gasteiger partial charge in [0.25, 0.3) is 0 Å². The molecule has 6 nitrogen and oxygen atoms in total. The number of nitrogens with zero attached hydrogens (tertiary/aromatic N) is 4. The van der Waals surface area contributed by atoms with Crippen LogP contribution in [-0.4, -0.2) is 46.7 Å². The number of benzene rings is 1. The van der Waals surface area contributed by atoms with E-state index in [9.17, 15) is 5.21 Å². The van der Waals surface area contributed by atoms with Crippen molar-refractivity contribution in [3.8, 4) is 0 Å². The lowest BCUT2D eigenvalue weighted by atomic mass is 9.93. The van der Waals surface area contributed by atoms with E-state index >= 15 is 0 Å². The third-order valence-electron chi connectivity index (χ3n) is 4.91. The van der Waals surface area contributed by atoms with Gasteiger partial charge in [-0.15, -0.1) is 5.01 Å². The summed E-state index contributed by atoms with van der Waals surface area (Å²) < 4.78 is 0. The summed E-state index contributed by atoms with van der Waals surface area (Å²) in [5, 5.41) is 17.2. The number of rotatable bonds is 5. The normalized spacial score (nSPS) is 20.2. The topological polar surface area (TPSA) is 54.1 Å². The van der Waals surface area contributed by atoms with Crippen molar-refractivity contribution >= 4 is 0 Å². The van der Waals surface area contributed by atoms with Gasteiger partial charge in [-0.25, -0.2) is 0 Å².